The minimum atomic E-state index is -0.536. The first kappa shape index (κ1) is 13.2. The highest BCUT2D eigenvalue weighted by atomic mass is 32.1. The Hall–Kier alpha value is -1.26. The van der Waals surface area contributed by atoms with Gasteiger partial charge in [-0.3, -0.25) is 0 Å². The molecule has 0 spiro atoms. The Balaban J connectivity index is 2.03. The zero-order valence-electron chi connectivity index (χ0n) is 10.3. The van der Waals surface area contributed by atoms with Crippen molar-refractivity contribution in [1.82, 2.24) is 5.32 Å². The maximum absolute atomic E-state index is 13.1. The van der Waals surface area contributed by atoms with Gasteiger partial charge in [-0.25, -0.2) is 8.78 Å². The monoisotopic (exact) mass is 267 g/mol. The van der Waals surface area contributed by atoms with Gasteiger partial charge >= 0.3 is 0 Å². The predicted molar refractivity (Wildman–Crippen MR) is 70.7 cm³/mol. The van der Waals surface area contributed by atoms with Gasteiger partial charge in [0.05, 0.1) is 0 Å². The van der Waals surface area contributed by atoms with Crippen LogP contribution < -0.4 is 5.32 Å². The summed E-state index contributed by atoms with van der Waals surface area (Å²) in [7, 11) is 0. The van der Waals surface area contributed by atoms with E-state index in [1.165, 1.54) is 22.6 Å². The standard InChI is InChI=1S/C14H15F2NS/c1-9-3-4-18-14(9)8-17-10(2)11-5-12(15)7-13(16)6-11/h3-7,10,17H,8H2,1-2H3. The second-order valence-electron chi connectivity index (χ2n) is 4.33. The van der Waals surface area contributed by atoms with Crippen LogP contribution >= 0.6 is 11.3 Å². The number of nitrogens with one attached hydrogen (secondary N) is 1. The lowest BCUT2D eigenvalue weighted by molar-refractivity contribution is 0.547. The topological polar surface area (TPSA) is 12.0 Å². The van der Waals surface area contributed by atoms with Gasteiger partial charge in [0.15, 0.2) is 0 Å². The lowest BCUT2D eigenvalue weighted by Gasteiger charge is -2.14. The van der Waals surface area contributed by atoms with Gasteiger partial charge < -0.3 is 5.32 Å². The van der Waals surface area contributed by atoms with E-state index in [-0.39, 0.29) is 6.04 Å². The third-order valence-electron chi connectivity index (χ3n) is 2.92. The summed E-state index contributed by atoms with van der Waals surface area (Å²) in [5.41, 5.74) is 1.87. The summed E-state index contributed by atoms with van der Waals surface area (Å²) >= 11 is 1.68. The van der Waals surface area contributed by atoms with Crippen LogP contribution in [0.4, 0.5) is 8.78 Å². The molecule has 1 unspecified atom stereocenters. The van der Waals surface area contributed by atoms with E-state index in [9.17, 15) is 8.78 Å². The fourth-order valence-corrected chi connectivity index (χ4v) is 2.63. The Morgan fingerprint density at radius 1 is 1.22 bits per heavy atom. The molecule has 0 saturated heterocycles. The smallest absolute Gasteiger partial charge is 0.126 e. The minimum absolute atomic E-state index is 0.0864. The maximum atomic E-state index is 13.1. The SMILES string of the molecule is Cc1ccsc1CNC(C)c1cc(F)cc(F)c1. The van der Waals surface area contributed by atoms with Gasteiger partial charge in [-0.2, -0.15) is 0 Å². The van der Waals surface area contributed by atoms with E-state index in [2.05, 4.69) is 18.3 Å². The summed E-state index contributed by atoms with van der Waals surface area (Å²) in [4.78, 5) is 1.25. The molecule has 4 heteroatoms. The first-order chi connectivity index (χ1) is 8.56. The van der Waals surface area contributed by atoms with Crippen molar-refractivity contribution in [3.05, 3.63) is 57.3 Å². The normalized spacial score (nSPS) is 12.7. The molecule has 1 aromatic carbocycles. The van der Waals surface area contributed by atoms with Crippen molar-refractivity contribution in [2.45, 2.75) is 26.4 Å². The fraction of sp³-hybridized carbons (Fsp3) is 0.286. The highest BCUT2D eigenvalue weighted by molar-refractivity contribution is 7.10. The Kier molecular flexibility index (Phi) is 4.09. The van der Waals surface area contributed by atoms with E-state index in [4.69, 9.17) is 0 Å². The quantitative estimate of drug-likeness (QED) is 0.876. The van der Waals surface area contributed by atoms with E-state index in [0.29, 0.717) is 12.1 Å². The molecule has 1 heterocycles. The average molecular weight is 267 g/mol. The van der Waals surface area contributed by atoms with Crippen LogP contribution in [0.2, 0.25) is 0 Å². The van der Waals surface area contributed by atoms with Gasteiger partial charge in [0.1, 0.15) is 11.6 Å². The average Bonchev–Trinajstić information content (AvgIpc) is 2.70. The number of aryl methyl sites for hydroxylation is 1. The summed E-state index contributed by atoms with van der Waals surface area (Å²) < 4.78 is 26.2. The zero-order chi connectivity index (χ0) is 13.1. The molecule has 0 aliphatic heterocycles. The van der Waals surface area contributed by atoms with Crippen LogP contribution in [0.1, 0.15) is 29.0 Å². The lowest BCUT2D eigenvalue weighted by atomic mass is 10.1. The van der Waals surface area contributed by atoms with Crippen LogP contribution in [0.25, 0.3) is 0 Å². The minimum Gasteiger partial charge on any atom is -0.305 e. The molecule has 0 saturated carbocycles. The van der Waals surface area contributed by atoms with E-state index in [1.807, 2.05) is 12.3 Å². The molecule has 0 aliphatic rings. The van der Waals surface area contributed by atoms with Crippen molar-refractivity contribution in [1.29, 1.82) is 0 Å². The fourth-order valence-electron chi connectivity index (χ4n) is 1.77. The van der Waals surface area contributed by atoms with Crippen LogP contribution in [0.3, 0.4) is 0 Å². The van der Waals surface area contributed by atoms with Crippen LogP contribution in [0.15, 0.2) is 29.6 Å². The van der Waals surface area contributed by atoms with Crippen molar-refractivity contribution in [2.24, 2.45) is 0 Å². The molecule has 2 rings (SSSR count). The van der Waals surface area contributed by atoms with Crippen LogP contribution in [-0.4, -0.2) is 0 Å². The number of halogens is 2. The zero-order valence-corrected chi connectivity index (χ0v) is 11.2. The predicted octanol–water partition coefficient (Wildman–Crippen LogP) is 4.19. The molecule has 1 aromatic heterocycles. The molecule has 0 radical (unpaired) electrons. The molecule has 18 heavy (non-hydrogen) atoms. The first-order valence-electron chi connectivity index (χ1n) is 5.78. The van der Waals surface area contributed by atoms with Crippen molar-refractivity contribution in [2.75, 3.05) is 0 Å². The summed E-state index contributed by atoms with van der Waals surface area (Å²) in [6.07, 6.45) is 0. The molecule has 0 amide bonds. The number of benzene rings is 1. The molecule has 1 nitrogen and oxygen atoms in total. The summed E-state index contributed by atoms with van der Waals surface area (Å²) in [6.45, 7) is 4.67. The van der Waals surface area contributed by atoms with Crippen molar-refractivity contribution >= 4 is 11.3 Å². The van der Waals surface area contributed by atoms with Gasteiger partial charge in [0, 0.05) is 23.5 Å². The number of hydrogen-bond donors (Lipinski definition) is 1. The van der Waals surface area contributed by atoms with Gasteiger partial charge in [0.2, 0.25) is 0 Å². The summed E-state index contributed by atoms with van der Waals surface area (Å²) in [5.74, 6) is -1.07. The van der Waals surface area contributed by atoms with Gasteiger partial charge in [-0.1, -0.05) is 0 Å². The van der Waals surface area contributed by atoms with Gasteiger partial charge in [-0.05, 0) is 48.6 Å². The molecule has 1 atom stereocenters. The van der Waals surface area contributed by atoms with E-state index < -0.39 is 11.6 Å². The largest absolute Gasteiger partial charge is 0.305 e. The third-order valence-corrected chi connectivity index (χ3v) is 3.94. The second kappa shape index (κ2) is 5.59. The van der Waals surface area contributed by atoms with E-state index in [0.717, 1.165) is 6.07 Å². The van der Waals surface area contributed by atoms with E-state index >= 15 is 0 Å². The van der Waals surface area contributed by atoms with Gasteiger partial charge in [-0.15, -0.1) is 11.3 Å². The molecule has 0 fully saturated rings. The lowest BCUT2D eigenvalue weighted by Crippen LogP contribution is -2.18. The molecular formula is C14H15F2NS. The molecule has 96 valence electrons. The first-order valence-corrected chi connectivity index (χ1v) is 6.66. The Labute approximate surface area is 109 Å². The Bertz CT molecular complexity index is 516. The van der Waals surface area contributed by atoms with Crippen LogP contribution in [-0.2, 0) is 6.54 Å². The number of thiophene rings is 1. The molecule has 1 N–H and O–H groups in total. The van der Waals surface area contributed by atoms with E-state index in [1.54, 1.807) is 11.3 Å². The molecule has 0 aliphatic carbocycles. The Morgan fingerprint density at radius 3 is 2.44 bits per heavy atom. The van der Waals surface area contributed by atoms with Crippen LogP contribution in [0.5, 0.6) is 0 Å². The molecule has 0 bridgehead atoms. The highest BCUT2D eigenvalue weighted by Gasteiger charge is 2.09. The third kappa shape index (κ3) is 3.15. The maximum Gasteiger partial charge on any atom is 0.126 e. The Morgan fingerprint density at radius 2 is 1.89 bits per heavy atom. The van der Waals surface area contributed by atoms with Crippen molar-refractivity contribution in [3.8, 4) is 0 Å². The van der Waals surface area contributed by atoms with Crippen LogP contribution in [0, 0.1) is 18.6 Å². The second-order valence-corrected chi connectivity index (χ2v) is 5.33. The summed E-state index contributed by atoms with van der Waals surface area (Å²) in [5, 5.41) is 5.31. The van der Waals surface area contributed by atoms with Gasteiger partial charge in [0.25, 0.3) is 0 Å². The van der Waals surface area contributed by atoms with Crippen molar-refractivity contribution in [3.63, 3.8) is 0 Å². The number of hydrogen-bond acceptors (Lipinski definition) is 2. The molecular weight excluding hydrogens is 252 g/mol. The summed E-state index contributed by atoms with van der Waals surface area (Å²) in [6, 6.07) is 5.59. The van der Waals surface area contributed by atoms with Crippen molar-refractivity contribution < 1.29 is 8.78 Å². The highest BCUT2D eigenvalue weighted by Crippen LogP contribution is 2.19. The number of rotatable bonds is 4. The molecule has 2 aromatic rings.